The highest BCUT2D eigenvalue weighted by Crippen LogP contribution is 2.15. The largest absolute Gasteiger partial charge is 0.481 e. The number of rotatable bonds is 7. The van der Waals surface area contributed by atoms with Crippen molar-refractivity contribution < 1.29 is 29.3 Å². The summed E-state index contributed by atoms with van der Waals surface area (Å²) < 4.78 is 4.67. The Morgan fingerprint density at radius 2 is 1.88 bits per heavy atom. The molecule has 0 aromatic carbocycles. The first kappa shape index (κ1) is 14.2. The molecule has 0 aromatic rings. The lowest BCUT2D eigenvalue weighted by Crippen LogP contribution is -2.24. The number of ether oxygens (including phenoxy) is 1. The van der Waals surface area contributed by atoms with Gasteiger partial charge in [0.2, 0.25) is 0 Å². The van der Waals surface area contributed by atoms with Crippen LogP contribution >= 0.6 is 0 Å². The van der Waals surface area contributed by atoms with E-state index in [1.807, 2.05) is 0 Å². The summed E-state index contributed by atoms with van der Waals surface area (Å²) in [4.78, 5) is 32.4. The van der Waals surface area contributed by atoms with Crippen molar-refractivity contribution in [1.82, 2.24) is 0 Å². The Morgan fingerprint density at radius 3 is 2.25 bits per heavy atom. The summed E-state index contributed by atoms with van der Waals surface area (Å²) in [7, 11) is 0. The molecule has 0 bridgehead atoms. The Morgan fingerprint density at radius 1 is 1.31 bits per heavy atom. The number of carboxylic acid groups (broad SMARTS) is 2. The van der Waals surface area contributed by atoms with Crippen molar-refractivity contribution in [3.8, 4) is 0 Å². The Hall–Kier alpha value is -1.85. The zero-order valence-corrected chi connectivity index (χ0v) is 8.93. The van der Waals surface area contributed by atoms with Gasteiger partial charge in [0, 0.05) is 5.57 Å². The maximum absolute atomic E-state index is 11.1. The Balaban J connectivity index is 4.46. The molecule has 6 heteroatoms. The van der Waals surface area contributed by atoms with Crippen molar-refractivity contribution in [3.63, 3.8) is 0 Å². The standard InChI is InChI=1S/C10H14O6/c1-3-4-16-8(11)5-7(10(14)15)6(2)9(12)13/h7H,2-5H2,1H3,(H,12,13)(H,14,15). The monoisotopic (exact) mass is 230 g/mol. The van der Waals surface area contributed by atoms with Gasteiger partial charge >= 0.3 is 17.9 Å². The van der Waals surface area contributed by atoms with Crippen molar-refractivity contribution in [3.05, 3.63) is 12.2 Å². The summed E-state index contributed by atoms with van der Waals surface area (Å²) in [5.74, 6) is -5.02. The van der Waals surface area contributed by atoms with Crippen molar-refractivity contribution in [2.75, 3.05) is 6.61 Å². The third kappa shape index (κ3) is 4.59. The van der Waals surface area contributed by atoms with Crippen LogP contribution in [0, 0.1) is 5.92 Å². The number of aliphatic carboxylic acids is 2. The van der Waals surface area contributed by atoms with E-state index in [1.54, 1.807) is 6.92 Å². The number of hydrogen-bond donors (Lipinski definition) is 2. The van der Waals surface area contributed by atoms with E-state index in [0.29, 0.717) is 6.42 Å². The summed E-state index contributed by atoms with van der Waals surface area (Å²) in [6.45, 7) is 5.10. The molecule has 16 heavy (non-hydrogen) atoms. The number of esters is 1. The van der Waals surface area contributed by atoms with Crippen LogP contribution in [-0.2, 0) is 19.1 Å². The number of carboxylic acids is 2. The van der Waals surface area contributed by atoms with E-state index in [1.165, 1.54) is 0 Å². The minimum Gasteiger partial charge on any atom is -0.481 e. The van der Waals surface area contributed by atoms with E-state index in [0.717, 1.165) is 0 Å². The van der Waals surface area contributed by atoms with Crippen molar-refractivity contribution in [1.29, 1.82) is 0 Å². The van der Waals surface area contributed by atoms with Crippen molar-refractivity contribution >= 4 is 17.9 Å². The van der Waals surface area contributed by atoms with Crippen LogP contribution < -0.4 is 0 Å². The predicted octanol–water partition coefficient (Wildman–Crippen LogP) is 0.671. The summed E-state index contributed by atoms with van der Waals surface area (Å²) in [5, 5.41) is 17.3. The van der Waals surface area contributed by atoms with Crippen molar-refractivity contribution in [2.45, 2.75) is 19.8 Å². The SMILES string of the molecule is C=C(C(=O)O)C(CC(=O)OCCC)C(=O)O. The highest BCUT2D eigenvalue weighted by atomic mass is 16.5. The maximum atomic E-state index is 11.1. The van der Waals surface area contributed by atoms with Gasteiger partial charge in [0.25, 0.3) is 0 Å². The van der Waals surface area contributed by atoms with Gasteiger partial charge in [-0.05, 0) is 6.42 Å². The van der Waals surface area contributed by atoms with E-state index in [4.69, 9.17) is 10.2 Å². The van der Waals surface area contributed by atoms with Crippen LogP contribution in [0.4, 0.5) is 0 Å². The Kier molecular flexibility index (Phi) is 5.84. The molecule has 0 spiro atoms. The summed E-state index contributed by atoms with van der Waals surface area (Å²) in [5.41, 5.74) is -0.527. The highest BCUT2D eigenvalue weighted by Gasteiger charge is 2.28. The van der Waals surface area contributed by atoms with Gasteiger partial charge in [0.1, 0.15) is 0 Å². The molecule has 1 atom stereocenters. The zero-order valence-electron chi connectivity index (χ0n) is 8.93. The molecular weight excluding hydrogens is 216 g/mol. The zero-order chi connectivity index (χ0) is 12.7. The normalized spacial score (nSPS) is 11.6. The first-order chi connectivity index (χ1) is 7.40. The van der Waals surface area contributed by atoms with Crippen LogP contribution in [0.1, 0.15) is 19.8 Å². The molecule has 0 fully saturated rings. The lowest BCUT2D eigenvalue weighted by atomic mass is 9.97. The number of hydrogen-bond acceptors (Lipinski definition) is 4. The van der Waals surface area contributed by atoms with Crippen LogP contribution in [0.3, 0.4) is 0 Å². The smallest absolute Gasteiger partial charge is 0.331 e. The van der Waals surface area contributed by atoms with Crippen LogP contribution in [0.25, 0.3) is 0 Å². The van der Waals surface area contributed by atoms with Gasteiger partial charge in [-0.25, -0.2) is 4.79 Å². The fraction of sp³-hybridized carbons (Fsp3) is 0.500. The van der Waals surface area contributed by atoms with Crippen LogP contribution in [-0.4, -0.2) is 34.7 Å². The fourth-order valence-electron chi connectivity index (χ4n) is 0.950. The second kappa shape index (κ2) is 6.60. The van der Waals surface area contributed by atoms with Crippen LogP contribution in [0.2, 0.25) is 0 Å². The molecule has 0 aromatic heterocycles. The molecule has 1 unspecified atom stereocenters. The van der Waals surface area contributed by atoms with Gasteiger partial charge in [-0.3, -0.25) is 9.59 Å². The van der Waals surface area contributed by atoms with Gasteiger partial charge < -0.3 is 14.9 Å². The quantitative estimate of drug-likeness (QED) is 0.492. The first-order valence-corrected chi connectivity index (χ1v) is 4.70. The average molecular weight is 230 g/mol. The topological polar surface area (TPSA) is 101 Å². The lowest BCUT2D eigenvalue weighted by Gasteiger charge is -2.11. The Bertz CT molecular complexity index is 306. The van der Waals surface area contributed by atoms with E-state index >= 15 is 0 Å². The third-order valence-corrected chi connectivity index (χ3v) is 1.83. The average Bonchev–Trinajstić information content (AvgIpc) is 2.21. The summed E-state index contributed by atoms with van der Waals surface area (Å²) in [6, 6.07) is 0. The predicted molar refractivity (Wildman–Crippen MR) is 53.8 cm³/mol. The van der Waals surface area contributed by atoms with E-state index < -0.39 is 35.8 Å². The molecule has 0 saturated heterocycles. The molecule has 2 N–H and O–H groups in total. The summed E-state index contributed by atoms with van der Waals surface area (Å²) >= 11 is 0. The van der Waals surface area contributed by atoms with Gasteiger partial charge in [-0.2, -0.15) is 0 Å². The van der Waals surface area contributed by atoms with E-state index in [-0.39, 0.29) is 6.61 Å². The second-order valence-corrected chi connectivity index (χ2v) is 3.15. The second-order valence-electron chi connectivity index (χ2n) is 3.15. The van der Waals surface area contributed by atoms with Crippen LogP contribution in [0.15, 0.2) is 12.2 Å². The molecule has 90 valence electrons. The van der Waals surface area contributed by atoms with Gasteiger partial charge in [0.05, 0.1) is 18.9 Å². The van der Waals surface area contributed by atoms with Crippen LogP contribution in [0.5, 0.6) is 0 Å². The van der Waals surface area contributed by atoms with Gasteiger partial charge in [0.15, 0.2) is 0 Å². The molecule has 0 aliphatic carbocycles. The molecule has 0 rings (SSSR count). The molecule has 0 saturated carbocycles. The maximum Gasteiger partial charge on any atom is 0.331 e. The minimum atomic E-state index is -1.44. The molecule has 0 aliphatic rings. The highest BCUT2D eigenvalue weighted by molar-refractivity contribution is 5.95. The van der Waals surface area contributed by atoms with E-state index in [2.05, 4.69) is 11.3 Å². The molecule has 0 radical (unpaired) electrons. The van der Waals surface area contributed by atoms with Gasteiger partial charge in [-0.15, -0.1) is 0 Å². The lowest BCUT2D eigenvalue weighted by molar-refractivity contribution is -0.151. The molecular formula is C10H14O6. The Labute approximate surface area is 92.5 Å². The van der Waals surface area contributed by atoms with Crippen molar-refractivity contribution in [2.24, 2.45) is 5.92 Å². The minimum absolute atomic E-state index is 0.185. The third-order valence-electron chi connectivity index (χ3n) is 1.83. The fourth-order valence-corrected chi connectivity index (χ4v) is 0.950. The first-order valence-electron chi connectivity index (χ1n) is 4.70. The number of carbonyl (C=O) groups is 3. The number of carbonyl (C=O) groups excluding carboxylic acids is 1. The van der Waals surface area contributed by atoms with E-state index in [9.17, 15) is 14.4 Å². The molecule has 0 aliphatic heterocycles. The molecule has 0 heterocycles. The van der Waals surface area contributed by atoms with Gasteiger partial charge in [-0.1, -0.05) is 13.5 Å². The molecule has 0 amide bonds. The summed E-state index contributed by atoms with van der Waals surface area (Å²) in [6.07, 6.45) is 0.101. The molecule has 6 nitrogen and oxygen atoms in total.